The Balaban J connectivity index is 2.63. The minimum Gasteiger partial charge on any atom is -0.370 e. The van der Waals surface area contributed by atoms with Crippen molar-refractivity contribution in [3.8, 4) is 0 Å². The molecule has 1 aromatic carbocycles. The number of nitrogens with two attached hydrogens (primary N) is 2. The lowest BCUT2D eigenvalue weighted by atomic mass is 10.2. The van der Waals surface area contributed by atoms with Crippen molar-refractivity contribution >= 4 is 29.2 Å². The molecule has 0 heterocycles. The van der Waals surface area contributed by atoms with Crippen LogP contribution >= 0.6 is 0 Å². The van der Waals surface area contributed by atoms with Gasteiger partial charge in [0.05, 0.1) is 15.9 Å². The second-order valence-electron chi connectivity index (χ2n) is 4.09. The lowest BCUT2D eigenvalue weighted by Gasteiger charge is -2.01. The van der Waals surface area contributed by atoms with Gasteiger partial charge in [-0.05, 0) is 18.9 Å². The topological polar surface area (TPSA) is 175 Å². The number of unbranched alkanes of at least 4 members (excludes halogenated alkanes) is 1. The molecule has 0 saturated carbocycles. The fourth-order valence-electron chi connectivity index (χ4n) is 1.45. The Hall–Kier alpha value is -3.24. The van der Waals surface area contributed by atoms with Crippen LogP contribution in [0.15, 0.2) is 28.3 Å². The number of anilines is 1. The van der Waals surface area contributed by atoms with Crippen LogP contribution in [-0.2, 0) is 0 Å². The fourth-order valence-corrected chi connectivity index (χ4v) is 1.45. The number of nitrogens with one attached hydrogen (secondary N) is 1. The van der Waals surface area contributed by atoms with E-state index in [0.29, 0.717) is 19.4 Å². The van der Waals surface area contributed by atoms with Gasteiger partial charge in [-0.1, -0.05) is 0 Å². The molecule has 1 aromatic rings. The number of hydrazone groups is 1. The summed E-state index contributed by atoms with van der Waals surface area (Å²) in [7, 11) is 0. The van der Waals surface area contributed by atoms with Crippen LogP contribution in [0.4, 0.5) is 17.1 Å². The van der Waals surface area contributed by atoms with E-state index < -0.39 is 15.5 Å². The highest BCUT2D eigenvalue weighted by Gasteiger charge is 2.18. The molecule has 0 radical (unpaired) electrons. The standard InChI is InChI=1S/C11H15N7O4/c12-11(13)14-5-1-2-6-15-16-9-4-3-8(17(19)20)7-10(9)18(21)22/h3-4,6-7,16H,1-2,5H2,(H4,12,13,14)/b15-6+. The van der Waals surface area contributed by atoms with Gasteiger partial charge < -0.3 is 11.5 Å². The Morgan fingerprint density at radius 1 is 1.27 bits per heavy atom. The molecule has 0 amide bonds. The SMILES string of the molecule is NC(N)=NCCC/C=N/Nc1ccc([N+](=O)[O-])cc1[N+](=O)[O-]. The van der Waals surface area contributed by atoms with Gasteiger partial charge in [0.1, 0.15) is 5.69 Å². The third kappa shape index (κ3) is 5.40. The van der Waals surface area contributed by atoms with E-state index >= 15 is 0 Å². The zero-order valence-corrected chi connectivity index (χ0v) is 11.5. The zero-order chi connectivity index (χ0) is 16.5. The second kappa shape index (κ2) is 8.14. The number of nitro groups is 2. The third-order valence-electron chi connectivity index (χ3n) is 2.45. The third-order valence-corrected chi connectivity index (χ3v) is 2.45. The van der Waals surface area contributed by atoms with Crippen molar-refractivity contribution in [1.82, 2.24) is 0 Å². The average molecular weight is 309 g/mol. The number of hydrogen-bond acceptors (Lipinski definition) is 7. The van der Waals surface area contributed by atoms with Crippen molar-refractivity contribution in [3.63, 3.8) is 0 Å². The van der Waals surface area contributed by atoms with Gasteiger partial charge in [-0.3, -0.25) is 30.6 Å². The lowest BCUT2D eigenvalue weighted by molar-refractivity contribution is -0.393. The van der Waals surface area contributed by atoms with Crippen LogP contribution in [0.2, 0.25) is 0 Å². The van der Waals surface area contributed by atoms with Crippen LogP contribution in [0.5, 0.6) is 0 Å². The highest BCUT2D eigenvalue weighted by Crippen LogP contribution is 2.28. The first kappa shape index (κ1) is 16.8. The summed E-state index contributed by atoms with van der Waals surface area (Å²) in [6, 6.07) is 3.26. The van der Waals surface area contributed by atoms with Crippen LogP contribution in [0, 0.1) is 20.2 Å². The molecule has 118 valence electrons. The smallest absolute Gasteiger partial charge is 0.301 e. The summed E-state index contributed by atoms with van der Waals surface area (Å²) < 4.78 is 0. The number of nitro benzene ring substituents is 2. The van der Waals surface area contributed by atoms with Crippen molar-refractivity contribution < 1.29 is 9.85 Å². The molecule has 0 aliphatic heterocycles. The van der Waals surface area contributed by atoms with Gasteiger partial charge in [0.15, 0.2) is 5.96 Å². The summed E-state index contributed by atoms with van der Waals surface area (Å²) in [5.41, 5.74) is 12.1. The quantitative estimate of drug-likeness (QED) is 0.210. The van der Waals surface area contributed by atoms with Crippen LogP contribution < -0.4 is 16.9 Å². The Morgan fingerprint density at radius 3 is 2.59 bits per heavy atom. The van der Waals surface area contributed by atoms with Gasteiger partial charge in [-0.15, -0.1) is 0 Å². The molecule has 0 aromatic heterocycles. The predicted octanol–water partition coefficient (Wildman–Crippen LogP) is 0.954. The normalized spacial score (nSPS) is 10.4. The van der Waals surface area contributed by atoms with Gasteiger partial charge in [-0.25, -0.2) is 0 Å². The number of hydrogen-bond donors (Lipinski definition) is 3. The summed E-state index contributed by atoms with van der Waals surface area (Å²) in [5.74, 6) is 0.0107. The molecule has 0 aliphatic carbocycles. The first-order chi connectivity index (χ1) is 10.4. The van der Waals surface area contributed by atoms with Crippen molar-refractivity contribution in [2.75, 3.05) is 12.0 Å². The van der Waals surface area contributed by atoms with Crippen LogP contribution in [-0.4, -0.2) is 28.6 Å². The second-order valence-corrected chi connectivity index (χ2v) is 4.09. The maximum atomic E-state index is 10.9. The van der Waals surface area contributed by atoms with Gasteiger partial charge in [-0.2, -0.15) is 5.10 Å². The molecule has 22 heavy (non-hydrogen) atoms. The largest absolute Gasteiger partial charge is 0.370 e. The number of guanidine groups is 1. The summed E-state index contributed by atoms with van der Waals surface area (Å²) in [6.07, 6.45) is 2.73. The lowest BCUT2D eigenvalue weighted by Crippen LogP contribution is -2.22. The van der Waals surface area contributed by atoms with Crippen LogP contribution in [0.3, 0.4) is 0 Å². The number of nitrogens with zero attached hydrogens (tertiary/aromatic N) is 4. The van der Waals surface area contributed by atoms with E-state index in [-0.39, 0.29) is 17.3 Å². The molecular weight excluding hydrogens is 294 g/mol. The van der Waals surface area contributed by atoms with E-state index in [1.807, 2.05) is 0 Å². The number of rotatable bonds is 8. The summed E-state index contributed by atoms with van der Waals surface area (Å²) >= 11 is 0. The van der Waals surface area contributed by atoms with Crippen molar-refractivity contribution in [2.24, 2.45) is 21.6 Å². The Labute approximate surface area is 125 Å². The van der Waals surface area contributed by atoms with Gasteiger partial charge in [0.2, 0.25) is 0 Å². The van der Waals surface area contributed by atoms with Gasteiger partial charge in [0.25, 0.3) is 5.69 Å². The molecule has 0 atom stereocenters. The van der Waals surface area contributed by atoms with Crippen molar-refractivity contribution in [2.45, 2.75) is 12.8 Å². The Morgan fingerprint density at radius 2 is 2.00 bits per heavy atom. The Bertz CT molecular complexity index is 610. The maximum absolute atomic E-state index is 10.9. The molecule has 0 unspecified atom stereocenters. The first-order valence-corrected chi connectivity index (χ1v) is 6.17. The predicted molar refractivity (Wildman–Crippen MR) is 81.8 cm³/mol. The Kier molecular flexibility index (Phi) is 6.22. The minimum absolute atomic E-state index is 0.0107. The van der Waals surface area contributed by atoms with E-state index in [1.54, 1.807) is 0 Å². The fraction of sp³-hybridized carbons (Fsp3) is 0.273. The molecule has 0 saturated heterocycles. The van der Waals surface area contributed by atoms with Gasteiger partial charge in [0, 0.05) is 18.8 Å². The molecular formula is C11H15N7O4. The highest BCUT2D eigenvalue weighted by molar-refractivity contribution is 5.75. The summed E-state index contributed by atoms with van der Waals surface area (Å²) in [4.78, 5) is 23.8. The molecule has 5 N–H and O–H groups in total. The van der Waals surface area contributed by atoms with E-state index in [4.69, 9.17) is 11.5 Å². The molecule has 0 fully saturated rings. The van der Waals surface area contributed by atoms with Crippen LogP contribution in [0.1, 0.15) is 12.8 Å². The first-order valence-electron chi connectivity index (χ1n) is 6.17. The monoisotopic (exact) mass is 309 g/mol. The molecule has 1 rings (SSSR count). The van der Waals surface area contributed by atoms with Crippen LogP contribution in [0.25, 0.3) is 0 Å². The molecule has 0 aliphatic rings. The summed E-state index contributed by atoms with van der Waals surface area (Å²) in [6.45, 7) is 0.450. The number of aliphatic imine (C=N–C) groups is 1. The molecule has 11 heteroatoms. The number of non-ortho nitro benzene ring substituents is 1. The molecule has 0 bridgehead atoms. The van der Waals surface area contributed by atoms with Crippen molar-refractivity contribution in [3.05, 3.63) is 38.4 Å². The van der Waals surface area contributed by atoms with E-state index in [9.17, 15) is 20.2 Å². The summed E-state index contributed by atoms with van der Waals surface area (Å²) in [5, 5.41) is 25.3. The van der Waals surface area contributed by atoms with Crippen molar-refractivity contribution in [1.29, 1.82) is 0 Å². The molecule has 11 nitrogen and oxygen atoms in total. The van der Waals surface area contributed by atoms with E-state index in [1.165, 1.54) is 12.3 Å². The average Bonchev–Trinajstić information content (AvgIpc) is 2.45. The highest BCUT2D eigenvalue weighted by atomic mass is 16.6. The minimum atomic E-state index is -0.719. The van der Waals surface area contributed by atoms with E-state index in [2.05, 4.69) is 15.5 Å². The van der Waals surface area contributed by atoms with E-state index in [0.717, 1.165) is 12.1 Å². The maximum Gasteiger partial charge on any atom is 0.301 e. The zero-order valence-electron chi connectivity index (χ0n) is 11.5. The molecule has 0 spiro atoms. The van der Waals surface area contributed by atoms with Gasteiger partial charge >= 0.3 is 5.69 Å². The number of benzene rings is 1.